The number of sulfonamides is 1. The summed E-state index contributed by atoms with van der Waals surface area (Å²) in [6.07, 6.45) is 1.01. The van der Waals surface area contributed by atoms with E-state index in [0.717, 1.165) is 16.1 Å². The fourth-order valence-corrected chi connectivity index (χ4v) is 3.70. The van der Waals surface area contributed by atoms with Gasteiger partial charge in [-0.05, 0) is 29.8 Å². The van der Waals surface area contributed by atoms with Crippen LogP contribution >= 0.6 is 23.2 Å². The molecule has 2 aromatic rings. The minimum Gasteiger partial charge on any atom is -0.497 e. The predicted octanol–water partition coefficient (Wildman–Crippen LogP) is 3.43. The van der Waals surface area contributed by atoms with E-state index in [4.69, 9.17) is 27.9 Å². The van der Waals surface area contributed by atoms with Gasteiger partial charge in [-0.1, -0.05) is 41.4 Å². The normalized spacial score (nSPS) is 11.1. The highest BCUT2D eigenvalue weighted by Gasteiger charge is 2.25. The fraction of sp³-hybridized carbons (Fsp3) is 0.278. The number of hydrogen-bond donors (Lipinski definition) is 0. The van der Waals surface area contributed by atoms with Gasteiger partial charge in [-0.15, -0.1) is 0 Å². The number of carbonyl (C=O) groups excluding carboxylic acids is 1. The fourth-order valence-electron chi connectivity index (χ4n) is 2.40. The molecule has 0 bridgehead atoms. The number of anilines is 1. The topological polar surface area (TPSA) is 66.9 Å². The van der Waals surface area contributed by atoms with E-state index in [-0.39, 0.29) is 28.2 Å². The van der Waals surface area contributed by atoms with Crippen LogP contribution in [0.5, 0.6) is 5.75 Å². The number of likely N-dealkylation sites (N-methyl/N-ethyl adjacent to an activating group) is 1. The highest BCUT2D eigenvalue weighted by atomic mass is 35.5. The minimum absolute atomic E-state index is 0.0789. The molecule has 0 N–H and O–H groups in total. The third-order valence-electron chi connectivity index (χ3n) is 3.88. The average molecular weight is 431 g/mol. The number of hydrogen-bond acceptors (Lipinski definition) is 4. The van der Waals surface area contributed by atoms with Crippen LogP contribution in [0.1, 0.15) is 5.56 Å². The van der Waals surface area contributed by atoms with Crippen molar-refractivity contribution in [3.63, 3.8) is 0 Å². The second-order valence-electron chi connectivity index (χ2n) is 5.94. The summed E-state index contributed by atoms with van der Waals surface area (Å²) in [6.45, 7) is -0.0603. The van der Waals surface area contributed by atoms with Crippen LogP contribution in [0.4, 0.5) is 5.69 Å². The third-order valence-corrected chi connectivity index (χ3v) is 5.82. The van der Waals surface area contributed by atoms with Crippen molar-refractivity contribution in [1.29, 1.82) is 0 Å². The zero-order valence-corrected chi connectivity index (χ0v) is 17.5. The maximum atomic E-state index is 12.6. The molecule has 0 saturated heterocycles. The lowest BCUT2D eigenvalue weighted by Gasteiger charge is -2.26. The Morgan fingerprint density at radius 2 is 1.74 bits per heavy atom. The Labute approximate surface area is 169 Å². The van der Waals surface area contributed by atoms with Gasteiger partial charge >= 0.3 is 0 Å². The molecule has 0 fully saturated rings. The summed E-state index contributed by atoms with van der Waals surface area (Å²) in [5, 5.41) is 0.289. The van der Waals surface area contributed by atoms with Crippen molar-refractivity contribution in [2.24, 2.45) is 0 Å². The third kappa shape index (κ3) is 5.51. The molecule has 27 heavy (non-hydrogen) atoms. The molecule has 0 aromatic heterocycles. The second-order valence-corrected chi connectivity index (χ2v) is 8.63. The Hall–Kier alpha value is -1.96. The van der Waals surface area contributed by atoms with Gasteiger partial charge in [-0.3, -0.25) is 9.10 Å². The van der Waals surface area contributed by atoms with E-state index in [0.29, 0.717) is 12.3 Å². The number of benzene rings is 2. The van der Waals surface area contributed by atoms with Crippen LogP contribution in [-0.2, 0) is 21.4 Å². The van der Waals surface area contributed by atoms with Gasteiger partial charge in [-0.2, -0.15) is 0 Å². The van der Waals surface area contributed by atoms with Gasteiger partial charge in [0, 0.05) is 13.6 Å². The zero-order valence-electron chi connectivity index (χ0n) is 15.1. The monoisotopic (exact) mass is 430 g/mol. The Kier molecular flexibility index (Phi) is 6.97. The molecule has 0 aliphatic heterocycles. The molecule has 146 valence electrons. The van der Waals surface area contributed by atoms with Gasteiger partial charge < -0.3 is 9.64 Å². The smallest absolute Gasteiger partial charge is 0.243 e. The maximum absolute atomic E-state index is 12.6. The summed E-state index contributed by atoms with van der Waals surface area (Å²) in [5.41, 5.74) is 1.05. The predicted molar refractivity (Wildman–Crippen MR) is 108 cm³/mol. The number of methoxy groups -OCH3 is 1. The van der Waals surface area contributed by atoms with Crippen LogP contribution in [-0.4, -0.2) is 46.2 Å². The van der Waals surface area contributed by atoms with Gasteiger partial charge in [0.15, 0.2) is 0 Å². The molecule has 0 saturated carbocycles. The molecule has 2 aromatic carbocycles. The molecule has 2 rings (SSSR count). The molecule has 0 unspecified atom stereocenters. The lowest BCUT2D eigenvalue weighted by Crippen LogP contribution is -2.41. The molecule has 0 atom stereocenters. The molecule has 1 amide bonds. The highest BCUT2D eigenvalue weighted by molar-refractivity contribution is 7.92. The number of halogens is 2. The van der Waals surface area contributed by atoms with Gasteiger partial charge in [0.2, 0.25) is 15.9 Å². The molecule has 6 nitrogen and oxygen atoms in total. The van der Waals surface area contributed by atoms with E-state index >= 15 is 0 Å². The average Bonchev–Trinajstić information content (AvgIpc) is 2.62. The number of carbonyl (C=O) groups is 1. The van der Waals surface area contributed by atoms with E-state index in [1.807, 2.05) is 12.1 Å². The summed E-state index contributed by atoms with van der Waals surface area (Å²) in [5.74, 6) is 0.332. The van der Waals surface area contributed by atoms with E-state index in [2.05, 4.69) is 0 Å². The van der Waals surface area contributed by atoms with Crippen molar-refractivity contribution in [1.82, 2.24) is 4.90 Å². The largest absolute Gasteiger partial charge is 0.497 e. The first-order chi connectivity index (χ1) is 12.6. The van der Waals surface area contributed by atoms with E-state index < -0.39 is 10.0 Å². The van der Waals surface area contributed by atoms with Crippen molar-refractivity contribution in [3.05, 3.63) is 58.1 Å². The van der Waals surface area contributed by atoms with Crippen LogP contribution in [0.25, 0.3) is 0 Å². The first-order valence-corrected chi connectivity index (χ1v) is 10.5. The Morgan fingerprint density at radius 3 is 2.30 bits per heavy atom. The number of rotatable bonds is 7. The van der Waals surface area contributed by atoms with E-state index in [9.17, 15) is 13.2 Å². The van der Waals surface area contributed by atoms with Crippen molar-refractivity contribution >= 4 is 44.8 Å². The van der Waals surface area contributed by atoms with Crippen molar-refractivity contribution in [2.75, 3.05) is 31.3 Å². The van der Waals surface area contributed by atoms with Crippen LogP contribution in [0.3, 0.4) is 0 Å². The molecular weight excluding hydrogens is 411 g/mol. The lowest BCUT2D eigenvalue weighted by molar-refractivity contribution is -0.128. The number of amides is 1. The van der Waals surface area contributed by atoms with Gasteiger partial charge in [0.05, 0.1) is 29.1 Å². The van der Waals surface area contributed by atoms with Gasteiger partial charge in [0.1, 0.15) is 12.3 Å². The quantitative estimate of drug-likeness (QED) is 0.674. The van der Waals surface area contributed by atoms with E-state index in [1.54, 1.807) is 38.4 Å². The molecular formula is C18H20Cl2N2O4S. The van der Waals surface area contributed by atoms with Crippen LogP contribution < -0.4 is 9.04 Å². The number of ether oxygens (including phenoxy) is 1. The second kappa shape index (κ2) is 8.82. The zero-order chi connectivity index (χ0) is 20.2. The maximum Gasteiger partial charge on any atom is 0.243 e. The molecule has 0 radical (unpaired) electrons. The van der Waals surface area contributed by atoms with Crippen molar-refractivity contribution in [3.8, 4) is 5.75 Å². The SMILES string of the molecule is COc1ccc(CN(C)C(=O)CN(c2cccc(Cl)c2Cl)S(C)(=O)=O)cc1. The molecule has 9 heteroatoms. The van der Waals surface area contributed by atoms with Gasteiger partial charge in [0.25, 0.3) is 0 Å². The van der Waals surface area contributed by atoms with Crippen LogP contribution in [0.2, 0.25) is 10.0 Å². The minimum atomic E-state index is -3.74. The summed E-state index contributed by atoms with van der Waals surface area (Å²) in [7, 11) is -0.563. The first kappa shape index (κ1) is 21.3. The molecule has 0 heterocycles. The van der Waals surface area contributed by atoms with Crippen molar-refractivity contribution < 1.29 is 17.9 Å². The Bertz CT molecular complexity index is 917. The first-order valence-electron chi connectivity index (χ1n) is 7.92. The van der Waals surface area contributed by atoms with Crippen LogP contribution in [0, 0.1) is 0 Å². The number of nitrogens with zero attached hydrogens (tertiary/aromatic N) is 2. The summed E-state index contributed by atoms with van der Waals surface area (Å²) >= 11 is 12.1. The lowest BCUT2D eigenvalue weighted by atomic mass is 10.2. The van der Waals surface area contributed by atoms with E-state index in [1.165, 1.54) is 11.0 Å². The molecule has 0 aliphatic rings. The standard InChI is InChI=1S/C18H20Cl2N2O4S/c1-21(11-13-7-9-14(26-2)10-8-13)17(23)12-22(27(3,24)25)16-6-4-5-15(19)18(16)20/h4-10H,11-12H2,1-3H3. The van der Waals surface area contributed by atoms with Gasteiger partial charge in [-0.25, -0.2) is 8.42 Å². The summed E-state index contributed by atoms with van der Waals surface area (Å²) < 4.78 is 30.5. The summed E-state index contributed by atoms with van der Waals surface area (Å²) in [4.78, 5) is 14.1. The van der Waals surface area contributed by atoms with Crippen molar-refractivity contribution in [2.45, 2.75) is 6.54 Å². The highest BCUT2D eigenvalue weighted by Crippen LogP contribution is 2.33. The molecule has 0 spiro atoms. The van der Waals surface area contributed by atoms with Crippen LogP contribution in [0.15, 0.2) is 42.5 Å². The Balaban J connectivity index is 2.19. The molecule has 0 aliphatic carbocycles. The Morgan fingerprint density at radius 1 is 1.11 bits per heavy atom. The summed E-state index contributed by atoms with van der Waals surface area (Å²) in [6, 6.07) is 11.9.